The third kappa shape index (κ3) is 5.88. The summed E-state index contributed by atoms with van der Waals surface area (Å²) in [5, 5.41) is 15.3. The van der Waals surface area contributed by atoms with E-state index in [0.717, 1.165) is 33.9 Å². The van der Waals surface area contributed by atoms with Crippen LogP contribution in [0, 0.1) is 0 Å². The van der Waals surface area contributed by atoms with Crippen molar-refractivity contribution >= 4 is 22.8 Å². The molecule has 7 aromatic rings. The summed E-state index contributed by atoms with van der Waals surface area (Å²) in [4.78, 5) is 0. The average molecular weight is 671 g/mol. The molecule has 9 rings (SSSR count). The number of hydrogen-bond acceptors (Lipinski definition) is 4. The van der Waals surface area contributed by atoms with Gasteiger partial charge >= 0.3 is 0 Å². The van der Waals surface area contributed by atoms with Gasteiger partial charge in [0.2, 0.25) is 0 Å². The molecule has 4 nitrogen and oxygen atoms in total. The smallest absolute Gasteiger partial charge is 0.0900 e. The Hall–Kier alpha value is -6.52. The lowest BCUT2D eigenvalue weighted by Gasteiger charge is -2.31. The lowest BCUT2D eigenvalue weighted by molar-refractivity contribution is 0.637. The highest BCUT2D eigenvalue weighted by atomic mass is 15.5. The van der Waals surface area contributed by atoms with Crippen LogP contribution in [0.5, 0.6) is 0 Å². The maximum Gasteiger partial charge on any atom is 0.0900 e. The van der Waals surface area contributed by atoms with Crippen molar-refractivity contribution in [3.63, 3.8) is 0 Å². The van der Waals surface area contributed by atoms with Crippen LogP contribution in [0.15, 0.2) is 216 Å². The Morgan fingerprint density at radius 3 is 0.904 bits per heavy atom. The van der Waals surface area contributed by atoms with Gasteiger partial charge in [0.1, 0.15) is 0 Å². The Kier molecular flexibility index (Phi) is 8.47. The summed E-state index contributed by atoms with van der Waals surface area (Å²) in [5.41, 5.74) is 11.5. The number of para-hydroxylation sites is 2. The fraction of sp³-hybridized carbons (Fsp3) is 0.0833. The molecule has 4 atom stereocenters. The second-order valence-electron chi connectivity index (χ2n) is 13.4. The summed E-state index contributed by atoms with van der Waals surface area (Å²) in [6, 6.07) is 73.2. The van der Waals surface area contributed by atoms with Crippen molar-refractivity contribution in [3.8, 4) is 0 Å². The van der Waals surface area contributed by atoms with Gasteiger partial charge in [0, 0.05) is 0 Å². The fourth-order valence-corrected chi connectivity index (χ4v) is 7.91. The van der Waals surface area contributed by atoms with Crippen LogP contribution in [0.1, 0.15) is 57.3 Å². The van der Waals surface area contributed by atoms with E-state index in [0.29, 0.717) is 0 Å². The van der Waals surface area contributed by atoms with Crippen LogP contribution in [0.2, 0.25) is 0 Å². The van der Waals surface area contributed by atoms with Crippen LogP contribution >= 0.6 is 0 Å². The normalized spacial score (nSPS) is 19.7. The van der Waals surface area contributed by atoms with Gasteiger partial charge in [0.25, 0.3) is 0 Å². The second-order valence-corrected chi connectivity index (χ2v) is 13.4. The first-order valence-electron chi connectivity index (χ1n) is 18.0. The number of nitrogens with zero attached hydrogens (tertiary/aromatic N) is 4. The Labute approximate surface area is 305 Å². The molecular formula is C48H38N4. The molecule has 250 valence electrons. The monoisotopic (exact) mass is 670 g/mol. The quantitative estimate of drug-likeness (QED) is 0.161. The number of hydrazone groups is 2. The van der Waals surface area contributed by atoms with Crippen molar-refractivity contribution in [2.45, 2.75) is 23.9 Å². The molecule has 0 aromatic heterocycles. The predicted molar refractivity (Wildman–Crippen MR) is 214 cm³/mol. The van der Waals surface area contributed by atoms with Gasteiger partial charge in [-0.15, -0.1) is 0 Å². The first kappa shape index (κ1) is 31.5. The first-order chi connectivity index (χ1) is 25.8. The largest absolute Gasteiger partial charge is 0.257 e. The van der Waals surface area contributed by atoms with Gasteiger partial charge in [-0.1, -0.05) is 182 Å². The van der Waals surface area contributed by atoms with Gasteiger partial charge in [-0.3, -0.25) is 10.0 Å². The zero-order chi connectivity index (χ0) is 34.7. The molecule has 2 aliphatic heterocycles. The second kappa shape index (κ2) is 14.0. The molecule has 7 aromatic carbocycles. The van der Waals surface area contributed by atoms with Gasteiger partial charge in [0.05, 0.1) is 46.7 Å². The van der Waals surface area contributed by atoms with Crippen LogP contribution in [0.3, 0.4) is 0 Å². The number of rotatable bonds is 8. The highest BCUT2D eigenvalue weighted by Gasteiger charge is 2.43. The third-order valence-electron chi connectivity index (χ3n) is 10.3. The molecule has 52 heavy (non-hydrogen) atoms. The summed E-state index contributed by atoms with van der Waals surface area (Å²) in [7, 11) is 0. The van der Waals surface area contributed by atoms with E-state index >= 15 is 0 Å². The van der Waals surface area contributed by atoms with E-state index in [2.05, 4.69) is 216 Å². The molecule has 0 N–H and O–H groups in total. The SMILES string of the molecule is c1ccc(C2=NN(c3ccccc3)C(c3ccc(C4C(c5ccccc5)C(c5ccccc5)=NN4c4ccccc4)cc3)C2c2ccccc2)cc1. The van der Waals surface area contributed by atoms with Crippen LogP contribution in [0.4, 0.5) is 11.4 Å². The Balaban J connectivity index is 1.18. The van der Waals surface area contributed by atoms with Crippen molar-refractivity contribution < 1.29 is 0 Å². The standard InChI is InChI=1S/C48H38N4/c1-7-19-35(20-8-1)43-45(37-23-11-3-12-24-37)49-51(41-27-15-5-16-28-41)47(43)39-31-33-40(34-32-39)48-44(36-21-9-2-10-22-36)46(38-25-13-4-14-26-38)50-52(48)42-29-17-6-18-30-42/h1-34,43-44,47-48H. The van der Waals surface area contributed by atoms with Gasteiger partial charge in [-0.25, -0.2) is 0 Å². The molecule has 4 heteroatoms. The molecule has 0 aliphatic carbocycles. The van der Waals surface area contributed by atoms with E-state index in [1.807, 2.05) is 0 Å². The molecule has 4 unspecified atom stereocenters. The van der Waals surface area contributed by atoms with E-state index < -0.39 is 0 Å². The first-order valence-corrected chi connectivity index (χ1v) is 18.0. The summed E-state index contributed by atoms with van der Waals surface area (Å²) in [6.45, 7) is 0. The lowest BCUT2D eigenvalue weighted by atomic mass is 9.80. The minimum atomic E-state index is -0.0519. The molecule has 0 saturated heterocycles. The minimum absolute atomic E-state index is 0.0204. The molecule has 0 amide bonds. The van der Waals surface area contributed by atoms with Gasteiger partial charge in [-0.2, -0.15) is 10.2 Å². The summed E-state index contributed by atoms with van der Waals surface area (Å²) in [6.07, 6.45) is 0. The minimum Gasteiger partial charge on any atom is -0.257 e. The van der Waals surface area contributed by atoms with Crippen molar-refractivity contribution in [1.82, 2.24) is 0 Å². The number of benzene rings is 7. The molecule has 0 radical (unpaired) electrons. The fourth-order valence-electron chi connectivity index (χ4n) is 7.91. The van der Waals surface area contributed by atoms with Crippen LogP contribution < -0.4 is 10.0 Å². The Bertz CT molecular complexity index is 2120. The number of anilines is 2. The van der Waals surface area contributed by atoms with E-state index in [4.69, 9.17) is 10.2 Å². The molecule has 2 heterocycles. The van der Waals surface area contributed by atoms with Crippen molar-refractivity contribution in [1.29, 1.82) is 0 Å². The summed E-state index contributed by atoms with van der Waals surface area (Å²) >= 11 is 0. The molecule has 2 aliphatic rings. The van der Waals surface area contributed by atoms with E-state index in [9.17, 15) is 0 Å². The molecule has 0 fully saturated rings. The Morgan fingerprint density at radius 2 is 0.577 bits per heavy atom. The number of hydrogen-bond donors (Lipinski definition) is 0. The third-order valence-corrected chi connectivity index (χ3v) is 10.3. The van der Waals surface area contributed by atoms with Gasteiger partial charge < -0.3 is 0 Å². The average Bonchev–Trinajstić information content (AvgIpc) is 3.84. The zero-order valence-corrected chi connectivity index (χ0v) is 28.7. The van der Waals surface area contributed by atoms with Crippen LogP contribution in [0.25, 0.3) is 0 Å². The maximum absolute atomic E-state index is 5.41. The van der Waals surface area contributed by atoms with E-state index in [-0.39, 0.29) is 23.9 Å². The highest BCUT2D eigenvalue weighted by Crippen LogP contribution is 2.49. The Morgan fingerprint density at radius 1 is 0.288 bits per heavy atom. The lowest BCUT2D eigenvalue weighted by Crippen LogP contribution is -2.26. The summed E-state index contributed by atoms with van der Waals surface area (Å²) in [5.74, 6) is 0.0408. The van der Waals surface area contributed by atoms with Gasteiger partial charge in [-0.05, 0) is 57.6 Å². The van der Waals surface area contributed by atoms with E-state index in [1.54, 1.807) is 0 Å². The van der Waals surface area contributed by atoms with Crippen LogP contribution in [-0.2, 0) is 0 Å². The maximum atomic E-state index is 5.41. The summed E-state index contributed by atoms with van der Waals surface area (Å²) < 4.78 is 0. The molecule has 0 saturated carbocycles. The molecule has 0 bridgehead atoms. The van der Waals surface area contributed by atoms with Crippen LogP contribution in [-0.4, -0.2) is 11.4 Å². The van der Waals surface area contributed by atoms with Crippen molar-refractivity contribution in [2.75, 3.05) is 10.0 Å². The van der Waals surface area contributed by atoms with Gasteiger partial charge in [0.15, 0.2) is 0 Å². The van der Waals surface area contributed by atoms with Crippen molar-refractivity contribution in [2.24, 2.45) is 10.2 Å². The molecular weight excluding hydrogens is 633 g/mol. The van der Waals surface area contributed by atoms with Crippen molar-refractivity contribution in [3.05, 3.63) is 240 Å². The predicted octanol–water partition coefficient (Wildman–Crippen LogP) is 11.2. The molecule has 0 spiro atoms. The zero-order valence-electron chi connectivity index (χ0n) is 28.7. The topological polar surface area (TPSA) is 31.2 Å². The highest BCUT2D eigenvalue weighted by molar-refractivity contribution is 6.09. The van der Waals surface area contributed by atoms with E-state index in [1.165, 1.54) is 22.3 Å².